The molecule has 26 heavy (non-hydrogen) atoms. The van der Waals surface area contributed by atoms with E-state index in [0.717, 1.165) is 54.8 Å². The van der Waals surface area contributed by atoms with Gasteiger partial charge in [0.05, 0.1) is 11.3 Å². The average Bonchev–Trinajstić information content (AvgIpc) is 3.27. The van der Waals surface area contributed by atoms with Gasteiger partial charge in [0.15, 0.2) is 0 Å². The highest BCUT2D eigenvalue weighted by molar-refractivity contribution is 7.16. The molecule has 2 aromatic rings. The van der Waals surface area contributed by atoms with Crippen LogP contribution in [0.1, 0.15) is 38.5 Å². The number of hydrogen-bond acceptors (Lipinski definition) is 6. The number of rotatable bonds is 3. The van der Waals surface area contributed by atoms with E-state index >= 15 is 0 Å². The minimum atomic E-state index is 0.0555. The van der Waals surface area contributed by atoms with Crippen LogP contribution in [-0.4, -0.2) is 47.1 Å². The van der Waals surface area contributed by atoms with Gasteiger partial charge >= 0.3 is 0 Å². The lowest BCUT2D eigenvalue weighted by molar-refractivity contribution is -0.126. The highest BCUT2D eigenvalue weighted by Crippen LogP contribution is 2.31. The van der Waals surface area contributed by atoms with E-state index in [1.807, 2.05) is 0 Å². The lowest BCUT2D eigenvalue weighted by atomic mass is 9.94. The van der Waals surface area contributed by atoms with E-state index in [-0.39, 0.29) is 11.8 Å². The van der Waals surface area contributed by atoms with Gasteiger partial charge in [0.2, 0.25) is 5.91 Å². The van der Waals surface area contributed by atoms with Crippen molar-refractivity contribution in [1.29, 1.82) is 0 Å². The average molecular weight is 372 g/mol. The highest BCUT2D eigenvalue weighted by Gasteiger charge is 2.35. The molecule has 1 amide bonds. The summed E-state index contributed by atoms with van der Waals surface area (Å²) < 4.78 is 0. The van der Waals surface area contributed by atoms with Crippen LogP contribution in [0.3, 0.4) is 0 Å². The molecule has 3 fully saturated rings. The number of amides is 1. The van der Waals surface area contributed by atoms with E-state index in [1.54, 1.807) is 17.7 Å². The Kier molecular flexibility index (Phi) is 4.29. The zero-order valence-electron chi connectivity index (χ0n) is 14.9. The fourth-order valence-electron chi connectivity index (χ4n) is 4.91. The molecule has 3 unspecified atom stereocenters. The Hall–Kier alpha value is -1.73. The number of nitrogens with zero attached hydrogens (tertiary/aromatic N) is 3. The van der Waals surface area contributed by atoms with Crippen molar-refractivity contribution in [1.82, 2.24) is 20.6 Å². The first-order valence-corrected chi connectivity index (χ1v) is 10.6. The summed E-state index contributed by atoms with van der Waals surface area (Å²) in [6.45, 7) is 1.72. The maximum atomic E-state index is 12.9. The molecule has 0 saturated carbocycles. The first kappa shape index (κ1) is 16.4. The van der Waals surface area contributed by atoms with Crippen LogP contribution in [0.4, 0.5) is 5.82 Å². The van der Waals surface area contributed by atoms with Crippen LogP contribution in [0.25, 0.3) is 10.2 Å². The third-order valence-electron chi connectivity index (χ3n) is 6.15. The highest BCUT2D eigenvalue weighted by atomic mass is 32.1. The molecular formula is C19H25N5OS. The van der Waals surface area contributed by atoms with Crippen LogP contribution < -0.4 is 15.5 Å². The second-order valence-corrected chi connectivity index (χ2v) is 8.83. The fraction of sp³-hybridized carbons (Fsp3) is 0.632. The van der Waals surface area contributed by atoms with Crippen molar-refractivity contribution >= 4 is 33.3 Å². The number of anilines is 1. The van der Waals surface area contributed by atoms with Gasteiger partial charge in [-0.1, -0.05) is 0 Å². The van der Waals surface area contributed by atoms with Gasteiger partial charge in [-0.25, -0.2) is 9.97 Å². The van der Waals surface area contributed by atoms with Gasteiger partial charge in [-0.15, -0.1) is 11.3 Å². The molecule has 0 aliphatic carbocycles. The van der Waals surface area contributed by atoms with E-state index in [2.05, 4.69) is 36.9 Å². The summed E-state index contributed by atoms with van der Waals surface area (Å²) in [5, 5.41) is 10.2. The van der Waals surface area contributed by atoms with Gasteiger partial charge in [0.1, 0.15) is 17.0 Å². The molecule has 0 aromatic carbocycles. The lowest BCUT2D eigenvalue weighted by Gasteiger charge is -2.35. The second kappa shape index (κ2) is 6.78. The Bertz CT molecular complexity index is 796. The number of carbonyl (C=O) groups excluding carboxylic acids is 1. The van der Waals surface area contributed by atoms with Crippen LogP contribution in [0.2, 0.25) is 0 Å². The smallest absolute Gasteiger partial charge is 0.225 e. The number of aromatic nitrogens is 2. The van der Waals surface area contributed by atoms with Crippen LogP contribution in [0, 0.1) is 5.92 Å². The Balaban J connectivity index is 1.27. The fourth-order valence-corrected chi connectivity index (χ4v) is 5.63. The molecule has 3 aliphatic rings. The van der Waals surface area contributed by atoms with E-state index in [4.69, 9.17) is 0 Å². The summed E-state index contributed by atoms with van der Waals surface area (Å²) in [5.41, 5.74) is 0. The lowest BCUT2D eigenvalue weighted by Crippen LogP contribution is -2.51. The summed E-state index contributed by atoms with van der Waals surface area (Å²) >= 11 is 1.64. The van der Waals surface area contributed by atoms with Crippen molar-refractivity contribution < 1.29 is 4.79 Å². The summed E-state index contributed by atoms with van der Waals surface area (Å²) in [4.78, 5) is 25.1. The van der Waals surface area contributed by atoms with Gasteiger partial charge < -0.3 is 15.5 Å². The molecular weight excluding hydrogens is 346 g/mol. The van der Waals surface area contributed by atoms with Crippen molar-refractivity contribution in [3.8, 4) is 0 Å². The molecule has 138 valence electrons. The summed E-state index contributed by atoms with van der Waals surface area (Å²) in [6, 6.07) is 3.65. The molecule has 3 saturated heterocycles. The summed E-state index contributed by atoms with van der Waals surface area (Å²) in [6.07, 6.45) is 8.34. The minimum absolute atomic E-state index is 0.0555. The largest absolute Gasteiger partial charge is 0.355 e. The molecule has 7 heteroatoms. The van der Waals surface area contributed by atoms with Crippen molar-refractivity contribution in [3.05, 3.63) is 17.8 Å². The van der Waals surface area contributed by atoms with Crippen molar-refractivity contribution in [3.63, 3.8) is 0 Å². The van der Waals surface area contributed by atoms with Crippen molar-refractivity contribution in [2.24, 2.45) is 5.92 Å². The van der Waals surface area contributed by atoms with Crippen LogP contribution in [-0.2, 0) is 4.79 Å². The zero-order valence-corrected chi connectivity index (χ0v) is 15.7. The number of hydrogen-bond donors (Lipinski definition) is 2. The maximum Gasteiger partial charge on any atom is 0.225 e. The Labute approximate surface area is 157 Å². The minimum Gasteiger partial charge on any atom is -0.355 e. The molecule has 3 aliphatic heterocycles. The second-order valence-electron chi connectivity index (χ2n) is 7.94. The normalized spacial score (nSPS) is 31.3. The number of nitrogens with one attached hydrogen (secondary N) is 2. The van der Waals surface area contributed by atoms with Gasteiger partial charge in [0, 0.05) is 31.2 Å². The monoisotopic (exact) mass is 371 g/mol. The molecule has 0 spiro atoms. The molecule has 5 heterocycles. The van der Waals surface area contributed by atoms with Crippen molar-refractivity contribution in [2.75, 3.05) is 18.0 Å². The maximum absolute atomic E-state index is 12.9. The van der Waals surface area contributed by atoms with Gasteiger partial charge in [-0.2, -0.15) is 0 Å². The summed E-state index contributed by atoms with van der Waals surface area (Å²) in [5.74, 6) is 1.27. The Morgan fingerprint density at radius 3 is 2.92 bits per heavy atom. The molecule has 5 rings (SSSR count). The van der Waals surface area contributed by atoms with Crippen molar-refractivity contribution in [2.45, 2.75) is 56.7 Å². The van der Waals surface area contributed by atoms with Crippen LogP contribution >= 0.6 is 11.3 Å². The third-order valence-corrected chi connectivity index (χ3v) is 6.97. The third kappa shape index (κ3) is 3.07. The van der Waals surface area contributed by atoms with Gasteiger partial charge in [-0.05, 0) is 50.0 Å². The van der Waals surface area contributed by atoms with E-state index in [0.29, 0.717) is 18.1 Å². The number of carbonyl (C=O) groups is 1. The predicted octanol–water partition coefficient (Wildman–Crippen LogP) is 2.31. The molecule has 0 radical (unpaired) electrons. The number of piperidine rings is 2. The molecule has 2 bridgehead atoms. The van der Waals surface area contributed by atoms with Crippen LogP contribution in [0.5, 0.6) is 0 Å². The van der Waals surface area contributed by atoms with E-state index < -0.39 is 0 Å². The Morgan fingerprint density at radius 2 is 2.08 bits per heavy atom. The Morgan fingerprint density at radius 1 is 1.23 bits per heavy atom. The standard InChI is InChI=1S/C19H25N5OS/c25-18(23-15-8-13-3-4-14(9-15)22-13)12-2-1-6-24(10-12)17-16-5-7-26-19(16)21-11-20-17/h5,7,11-15,22H,1-4,6,8-10H2,(H,23,25). The first-order valence-electron chi connectivity index (χ1n) is 9.76. The predicted molar refractivity (Wildman–Crippen MR) is 103 cm³/mol. The SMILES string of the molecule is O=C(NC1CC2CCC(C1)N2)C1CCCN(c2ncnc3sccc23)C1. The molecule has 6 nitrogen and oxygen atoms in total. The molecule has 3 atom stereocenters. The zero-order chi connectivity index (χ0) is 17.5. The number of fused-ring (bicyclic) bond motifs is 3. The topological polar surface area (TPSA) is 70.2 Å². The quantitative estimate of drug-likeness (QED) is 0.866. The van der Waals surface area contributed by atoms with E-state index in [9.17, 15) is 4.79 Å². The van der Waals surface area contributed by atoms with Gasteiger partial charge in [0.25, 0.3) is 0 Å². The molecule has 2 N–H and O–H groups in total. The molecule has 2 aromatic heterocycles. The van der Waals surface area contributed by atoms with E-state index in [1.165, 1.54) is 12.8 Å². The van der Waals surface area contributed by atoms with Crippen LogP contribution in [0.15, 0.2) is 17.8 Å². The summed E-state index contributed by atoms with van der Waals surface area (Å²) in [7, 11) is 0. The first-order chi connectivity index (χ1) is 12.8. The number of thiophene rings is 1. The van der Waals surface area contributed by atoms with Gasteiger partial charge in [-0.3, -0.25) is 4.79 Å².